The molecule has 1 aromatic rings. The van der Waals surface area contributed by atoms with Crippen LogP contribution in [0.1, 0.15) is 34.3 Å². The molecule has 0 amide bonds. The Hall–Kier alpha value is -2.04. The van der Waals surface area contributed by atoms with E-state index in [1.807, 2.05) is 25.2 Å². The molecule has 1 aliphatic heterocycles. The minimum Gasteiger partial charge on any atom is -0.461 e. The lowest BCUT2D eigenvalue weighted by molar-refractivity contribution is 0.0513. The molecule has 0 atom stereocenters. The van der Waals surface area contributed by atoms with Gasteiger partial charge < -0.3 is 14.2 Å². The SMILES string of the molecule is CCOC(=O)c1ccc2n1CC/C(=C/N(C)C)C2=O. The molecule has 0 saturated carbocycles. The van der Waals surface area contributed by atoms with Crippen molar-refractivity contribution in [3.63, 3.8) is 0 Å². The van der Waals surface area contributed by atoms with Gasteiger partial charge in [-0.05, 0) is 25.5 Å². The van der Waals surface area contributed by atoms with Crippen LogP contribution in [0, 0.1) is 0 Å². The van der Waals surface area contributed by atoms with E-state index in [0.717, 1.165) is 5.57 Å². The Balaban J connectivity index is 2.33. The van der Waals surface area contributed by atoms with Gasteiger partial charge in [-0.15, -0.1) is 0 Å². The highest BCUT2D eigenvalue weighted by atomic mass is 16.5. The Morgan fingerprint density at radius 1 is 1.47 bits per heavy atom. The fourth-order valence-electron chi connectivity index (χ4n) is 2.24. The predicted octanol–water partition coefficient (Wildman–Crippen LogP) is 1.70. The van der Waals surface area contributed by atoms with Crippen molar-refractivity contribution in [2.45, 2.75) is 19.9 Å². The van der Waals surface area contributed by atoms with Crippen LogP contribution in [-0.2, 0) is 11.3 Å². The first-order chi connectivity index (χ1) is 9.04. The molecule has 2 heterocycles. The number of hydrogen-bond acceptors (Lipinski definition) is 4. The molecular formula is C14H18N2O3. The standard InChI is InChI=1S/C14H18N2O3/c1-4-19-14(18)12-6-5-11-13(17)10(9-15(2)3)7-8-16(11)12/h5-6,9H,4,7-8H2,1-3H3/b10-9-. The van der Waals surface area contributed by atoms with Crippen LogP contribution in [0.2, 0.25) is 0 Å². The third-order valence-electron chi connectivity index (χ3n) is 3.01. The van der Waals surface area contributed by atoms with E-state index in [4.69, 9.17) is 4.74 Å². The van der Waals surface area contributed by atoms with Crippen molar-refractivity contribution >= 4 is 11.8 Å². The van der Waals surface area contributed by atoms with Gasteiger partial charge in [0.2, 0.25) is 5.78 Å². The Morgan fingerprint density at radius 2 is 2.21 bits per heavy atom. The van der Waals surface area contributed by atoms with E-state index in [1.165, 1.54) is 0 Å². The molecule has 5 heteroatoms. The maximum atomic E-state index is 12.3. The largest absolute Gasteiger partial charge is 0.461 e. The van der Waals surface area contributed by atoms with Crippen molar-refractivity contribution in [1.29, 1.82) is 0 Å². The van der Waals surface area contributed by atoms with E-state index >= 15 is 0 Å². The van der Waals surface area contributed by atoms with Crippen LogP contribution in [0.25, 0.3) is 0 Å². The summed E-state index contributed by atoms with van der Waals surface area (Å²) in [4.78, 5) is 25.9. The van der Waals surface area contributed by atoms with Crippen molar-refractivity contribution in [2.24, 2.45) is 0 Å². The molecule has 0 unspecified atom stereocenters. The van der Waals surface area contributed by atoms with Crippen molar-refractivity contribution in [1.82, 2.24) is 9.47 Å². The van der Waals surface area contributed by atoms with E-state index in [1.54, 1.807) is 23.6 Å². The zero-order valence-corrected chi connectivity index (χ0v) is 11.5. The molecule has 0 aliphatic carbocycles. The van der Waals surface area contributed by atoms with E-state index in [0.29, 0.717) is 31.0 Å². The molecule has 1 aromatic heterocycles. The average molecular weight is 262 g/mol. The monoisotopic (exact) mass is 262 g/mol. The van der Waals surface area contributed by atoms with Crippen LogP contribution in [0.4, 0.5) is 0 Å². The van der Waals surface area contributed by atoms with Crippen LogP contribution in [0.3, 0.4) is 0 Å². The lowest BCUT2D eigenvalue weighted by Crippen LogP contribution is -2.24. The Morgan fingerprint density at radius 3 is 2.84 bits per heavy atom. The second-order valence-corrected chi connectivity index (χ2v) is 4.67. The normalized spacial score (nSPS) is 16.4. The first-order valence-electron chi connectivity index (χ1n) is 6.33. The Labute approximate surface area is 112 Å². The molecule has 1 aliphatic rings. The number of fused-ring (bicyclic) bond motifs is 1. The number of rotatable bonds is 3. The van der Waals surface area contributed by atoms with Gasteiger partial charge in [0, 0.05) is 32.4 Å². The summed E-state index contributed by atoms with van der Waals surface area (Å²) in [5.74, 6) is -0.392. The summed E-state index contributed by atoms with van der Waals surface area (Å²) in [5, 5.41) is 0. The van der Waals surface area contributed by atoms with Gasteiger partial charge in [0.1, 0.15) is 5.69 Å². The van der Waals surface area contributed by atoms with Gasteiger partial charge in [0.15, 0.2) is 0 Å². The second kappa shape index (κ2) is 5.30. The second-order valence-electron chi connectivity index (χ2n) is 4.67. The van der Waals surface area contributed by atoms with E-state index in [9.17, 15) is 9.59 Å². The predicted molar refractivity (Wildman–Crippen MR) is 71.1 cm³/mol. The van der Waals surface area contributed by atoms with E-state index in [2.05, 4.69) is 0 Å². The molecular weight excluding hydrogens is 244 g/mol. The molecule has 0 aromatic carbocycles. The van der Waals surface area contributed by atoms with Gasteiger partial charge in [0.05, 0.1) is 12.3 Å². The van der Waals surface area contributed by atoms with Crippen molar-refractivity contribution in [3.8, 4) is 0 Å². The highest BCUT2D eigenvalue weighted by Crippen LogP contribution is 2.23. The molecule has 0 bridgehead atoms. The third-order valence-corrected chi connectivity index (χ3v) is 3.01. The van der Waals surface area contributed by atoms with E-state index < -0.39 is 0 Å². The van der Waals surface area contributed by atoms with Crippen LogP contribution in [0.15, 0.2) is 23.9 Å². The van der Waals surface area contributed by atoms with Crippen molar-refractivity contribution in [2.75, 3.05) is 20.7 Å². The first kappa shape index (κ1) is 13.4. The number of carbonyl (C=O) groups excluding carboxylic acids is 2. The van der Waals surface area contributed by atoms with Gasteiger partial charge >= 0.3 is 5.97 Å². The quantitative estimate of drug-likeness (QED) is 0.614. The summed E-state index contributed by atoms with van der Waals surface area (Å²) >= 11 is 0. The number of nitrogens with zero attached hydrogens (tertiary/aromatic N) is 2. The average Bonchev–Trinajstić information content (AvgIpc) is 2.77. The molecule has 5 nitrogen and oxygen atoms in total. The molecule has 0 spiro atoms. The molecule has 19 heavy (non-hydrogen) atoms. The fourth-order valence-corrected chi connectivity index (χ4v) is 2.24. The van der Waals surface area contributed by atoms with Gasteiger partial charge in [0.25, 0.3) is 0 Å². The smallest absolute Gasteiger partial charge is 0.354 e. The van der Waals surface area contributed by atoms with Crippen molar-refractivity contribution < 1.29 is 14.3 Å². The number of carbonyl (C=O) groups is 2. The molecule has 0 saturated heterocycles. The van der Waals surface area contributed by atoms with Crippen LogP contribution < -0.4 is 0 Å². The maximum Gasteiger partial charge on any atom is 0.354 e. The van der Waals surface area contributed by atoms with Gasteiger partial charge in [-0.3, -0.25) is 4.79 Å². The zero-order valence-electron chi connectivity index (χ0n) is 11.5. The summed E-state index contributed by atoms with van der Waals surface area (Å²) in [6.07, 6.45) is 2.47. The topological polar surface area (TPSA) is 51.5 Å². The Kier molecular flexibility index (Phi) is 3.74. The molecule has 0 N–H and O–H groups in total. The first-order valence-corrected chi connectivity index (χ1v) is 6.33. The summed E-state index contributed by atoms with van der Waals surface area (Å²) in [5.41, 5.74) is 1.78. The number of esters is 1. The fraction of sp³-hybridized carbons (Fsp3) is 0.429. The number of allylic oxidation sites excluding steroid dienone is 1. The number of ether oxygens (including phenoxy) is 1. The zero-order chi connectivity index (χ0) is 14.0. The minimum absolute atomic E-state index is 0.0181. The number of Topliss-reactive ketones (excluding diaryl/α,β-unsaturated/α-hetero) is 1. The summed E-state index contributed by atoms with van der Waals surface area (Å²) in [6.45, 7) is 2.72. The van der Waals surface area contributed by atoms with Gasteiger partial charge in [-0.1, -0.05) is 0 Å². The Bertz CT molecular complexity index is 541. The van der Waals surface area contributed by atoms with Crippen molar-refractivity contribution in [3.05, 3.63) is 35.3 Å². The van der Waals surface area contributed by atoms with E-state index in [-0.39, 0.29) is 11.8 Å². The summed E-state index contributed by atoms with van der Waals surface area (Å²) < 4.78 is 6.73. The highest BCUT2D eigenvalue weighted by molar-refractivity contribution is 6.09. The highest BCUT2D eigenvalue weighted by Gasteiger charge is 2.26. The molecule has 0 radical (unpaired) electrons. The number of aromatic nitrogens is 1. The van der Waals surface area contributed by atoms with Gasteiger partial charge in [-0.2, -0.15) is 0 Å². The number of hydrogen-bond donors (Lipinski definition) is 0. The number of ketones is 1. The van der Waals surface area contributed by atoms with Crippen LogP contribution >= 0.6 is 0 Å². The molecule has 102 valence electrons. The maximum absolute atomic E-state index is 12.3. The molecule has 2 rings (SSSR count). The van der Waals surface area contributed by atoms with Crippen LogP contribution in [-0.4, -0.2) is 41.9 Å². The van der Waals surface area contributed by atoms with Gasteiger partial charge in [-0.25, -0.2) is 4.79 Å². The minimum atomic E-state index is -0.374. The summed E-state index contributed by atoms with van der Waals surface area (Å²) in [7, 11) is 3.77. The summed E-state index contributed by atoms with van der Waals surface area (Å²) in [6, 6.07) is 3.35. The lowest BCUT2D eigenvalue weighted by atomic mass is 10.0. The molecule has 0 fully saturated rings. The lowest BCUT2D eigenvalue weighted by Gasteiger charge is -2.20. The third kappa shape index (κ3) is 2.54. The van der Waals surface area contributed by atoms with Crippen LogP contribution in [0.5, 0.6) is 0 Å².